The maximum Gasteiger partial charge on any atom is 0.134 e. The van der Waals surface area contributed by atoms with E-state index in [2.05, 4.69) is 235 Å². The minimum absolute atomic E-state index is 1.11. The fraction of sp³-hybridized carbons (Fsp3) is 0. The third kappa shape index (κ3) is 5.96. The van der Waals surface area contributed by atoms with Gasteiger partial charge < -0.3 is 4.90 Å². The van der Waals surface area contributed by atoms with E-state index in [4.69, 9.17) is 0 Å². The van der Waals surface area contributed by atoms with Crippen LogP contribution in [0.4, 0.5) is 17.1 Å². The molecule has 1 atom stereocenters. The zero-order chi connectivity index (χ0) is 40.3. The molecule has 0 spiro atoms. The highest BCUT2D eigenvalue weighted by atomic mass is 32.1. The summed E-state index contributed by atoms with van der Waals surface area (Å²) in [7, 11) is -1.64. The van der Waals surface area contributed by atoms with E-state index >= 15 is 0 Å². The van der Waals surface area contributed by atoms with E-state index in [1.807, 2.05) is 11.3 Å². The van der Waals surface area contributed by atoms with E-state index in [0.29, 0.717) is 0 Å². The van der Waals surface area contributed by atoms with Crippen molar-refractivity contribution >= 4 is 83.7 Å². The van der Waals surface area contributed by atoms with Crippen LogP contribution >= 0.6 is 11.3 Å². The number of fused-ring (bicyclic) bond motifs is 9. The van der Waals surface area contributed by atoms with Crippen LogP contribution < -0.4 is 20.5 Å². The number of hydrogen-bond donors (Lipinski definition) is 0. The second kappa shape index (κ2) is 14.8. The highest BCUT2D eigenvalue weighted by Crippen LogP contribution is 2.47. The van der Waals surface area contributed by atoms with E-state index in [1.54, 1.807) is 0 Å². The summed E-state index contributed by atoms with van der Waals surface area (Å²) in [6.07, 6.45) is 0. The van der Waals surface area contributed by atoms with Crippen LogP contribution in [0.15, 0.2) is 231 Å². The average Bonchev–Trinajstić information content (AvgIpc) is 3.89. The number of nitrogens with zero attached hydrogens (tertiary/aromatic N) is 1. The molecule has 0 fully saturated rings. The highest BCUT2D eigenvalue weighted by molar-refractivity contribution is 7.26. The molecule has 61 heavy (non-hydrogen) atoms. The van der Waals surface area contributed by atoms with Gasteiger partial charge in [0.1, 0.15) is 8.80 Å². The van der Waals surface area contributed by atoms with Crippen molar-refractivity contribution in [2.45, 2.75) is 0 Å². The van der Waals surface area contributed by atoms with Crippen molar-refractivity contribution in [1.29, 1.82) is 0 Å². The Morgan fingerprint density at radius 1 is 0.311 bits per heavy atom. The van der Waals surface area contributed by atoms with Crippen LogP contribution in [-0.4, -0.2) is 8.80 Å². The lowest BCUT2D eigenvalue weighted by atomic mass is 9.92. The molecule has 0 radical (unpaired) electrons. The molecule has 0 saturated heterocycles. The van der Waals surface area contributed by atoms with Crippen LogP contribution in [0.25, 0.3) is 75.5 Å². The normalized spacial score (nSPS) is 13.1. The molecule has 11 aromatic rings. The van der Waals surface area contributed by atoms with E-state index < -0.39 is 8.80 Å². The molecule has 1 aliphatic rings. The van der Waals surface area contributed by atoms with Crippen molar-refractivity contribution in [2.75, 3.05) is 4.90 Å². The van der Waals surface area contributed by atoms with Gasteiger partial charge in [-0.25, -0.2) is 0 Å². The summed E-state index contributed by atoms with van der Waals surface area (Å²) in [5.74, 6) is 0. The highest BCUT2D eigenvalue weighted by Gasteiger charge is 2.33. The first-order valence-electron chi connectivity index (χ1n) is 21.0. The first-order chi connectivity index (χ1) is 30.3. The van der Waals surface area contributed by atoms with Crippen LogP contribution in [0.3, 0.4) is 0 Å². The van der Waals surface area contributed by atoms with E-state index in [9.17, 15) is 0 Å². The number of para-hydroxylation sites is 1. The number of rotatable bonds is 7. The van der Waals surface area contributed by atoms with Crippen LogP contribution in [0, 0.1) is 0 Å². The molecule has 1 aliphatic heterocycles. The van der Waals surface area contributed by atoms with Crippen LogP contribution in [-0.2, 0) is 0 Å². The number of benzene rings is 10. The summed E-state index contributed by atoms with van der Waals surface area (Å²) >= 11 is 1.91. The van der Waals surface area contributed by atoms with Gasteiger partial charge in [0.2, 0.25) is 0 Å². The Morgan fingerprint density at radius 2 is 0.820 bits per heavy atom. The Kier molecular flexibility index (Phi) is 8.62. The molecule has 1 nitrogen and oxygen atoms in total. The minimum atomic E-state index is -1.64. The largest absolute Gasteiger partial charge is 0.311 e. The van der Waals surface area contributed by atoms with Crippen molar-refractivity contribution in [3.05, 3.63) is 231 Å². The second-order valence-electron chi connectivity index (χ2n) is 16.0. The number of anilines is 3. The van der Waals surface area contributed by atoms with Crippen molar-refractivity contribution < 1.29 is 0 Å². The molecule has 0 saturated carbocycles. The molecular formula is C58H39NSSi. The lowest BCUT2D eigenvalue weighted by Gasteiger charge is -2.26. The monoisotopic (exact) mass is 809 g/mol. The first-order valence-corrected chi connectivity index (χ1v) is 23.6. The van der Waals surface area contributed by atoms with Gasteiger partial charge in [0, 0.05) is 37.2 Å². The van der Waals surface area contributed by atoms with Gasteiger partial charge in [0.15, 0.2) is 0 Å². The van der Waals surface area contributed by atoms with Gasteiger partial charge in [-0.1, -0.05) is 187 Å². The molecule has 10 aromatic carbocycles. The van der Waals surface area contributed by atoms with Gasteiger partial charge in [-0.15, -0.1) is 11.3 Å². The van der Waals surface area contributed by atoms with Gasteiger partial charge in [0.05, 0.1) is 0 Å². The van der Waals surface area contributed by atoms with Crippen molar-refractivity contribution in [1.82, 2.24) is 0 Å². The van der Waals surface area contributed by atoms with Crippen LogP contribution in [0.1, 0.15) is 0 Å². The Balaban J connectivity index is 0.979. The molecule has 1 aromatic heterocycles. The Hall–Kier alpha value is -7.30. The summed E-state index contributed by atoms with van der Waals surface area (Å²) in [6.45, 7) is 0. The molecule has 286 valence electrons. The van der Waals surface area contributed by atoms with E-state index in [1.165, 1.54) is 91.0 Å². The summed E-state index contributed by atoms with van der Waals surface area (Å²) in [5, 5.41) is 9.97. The average molecular weight is 810 g/mol. The lowest BCUT2D eigenvalue weighted by molar-refractivity contribution is 1.28. The second-order valence-corrected chi connectivity index (χ2v) is 19.8. The summed E-state index contributed by atoms with van der Waals surface area (Å²) < 4.78 is 2.66. The standard InChI is InChI=1S/C58H39NSSi/c1-4-15-39(16-5-1)47-21-10-11-22-48(47)40-27-33-44(34-28-40)59(43-17-6-2-7-18-43)45-35-29-41(30-36-45)49-24-14-25-51-56(49)58-52(60-51)37-31-42-32-38-54-57(55(42)58)50-23-12-13-26-53(50)61(54)46-19-8-3-9-20-46/h1-38,61H. The predicted molar refractivity (Wildman–Crippen MR) is 266 cm³/mol. The molecule has 0 amide bonds. The van der Waals surface area contributed by atoms with Gasteiger partial charge >= 0.3 is 0 Å². The third-order valence-corrected chi connectivity index (χ3v) is 17.0. The molecule has 0 N–H and O–H groups in total. The predicted octanol–water partition coefficient (Wildman–Crippen LogP) is 13.9. The lowest BCUT2D eigenvalue weighted by Crippen LogP contribution is -2.48. The molecule has 2 heterocycles. The fourth-order valence-electron chi connectivity index (χ4n) is 9.87. The summed E-state index contributed by atoms with van der Waals surface area (Å²) in [5.41, 5.74) is 13.6. The van der Waals surface area contributed by atoms with Gasteiger partial charge in [-0.2, -0.15) is 0 Å². The zero-order valence-corrected chi connectivity index (χ0v) is 35.3. The van der Waals surface area contributed by atoms with Crippen molar-refractivity contribution in [3.8, 4) is 44.5 Å². The van der Waals surface area contributed by atoms with Gasteiger partial charge in [-0.3, -0.25) is 0 Å². The summed E-state index contributed by atoms with van der Waals surface area (Å²) in [6, 6.07) is 85.1. The van der Waals surface area contributed by atoms with Crippen molar-refractivity contribution in [2.24, 2.45) is 0 Å². The van der Waals surface area contributed by atoms with Gasteiger partial charge in [-0.05, 0) is 114 Å². The first kappa shape index (κ1) is 35.6. The van der Waals surface area contributed by atoms with Crippen molar-refractivity contribution in [3.63, 3.8) is 0 Å². The quantitative estimate of drug-likeness (QED) is 0.145. The molecular weight excluding hydrogens is 771 g/mol. The number of thiophene rings is 1. The van der Waals surface area contributed by atoms with E-state index in [0.717, 1.165) is 17.1 Å². The smallest absolute Gasteiger partial charge is 0.134 e. The zero-order valence-electron chi connectivity index (χ0n) is 33.4. The van der Waals surface area contributed by atoms with E-state index in [-0.39, 0.29) is 0 Å². The minimum Gasteiger partial charge on any atom is -0.311 e. The Morgan fingerprint density at radius 3 is 1.51 bits per heavy atom. The number of hydrogen-bond acceptors (Lipinski definition) is 2. The summed E-state index contributed by atoms with van der Waals surface area (Å²) in [4.78, 5) is 2.36. The maximum atomic E-state index is 2.44. The Labute approximate surface area is 361 Å². The Bertz CT molecular complexity index is 3390. The molecule has 0 bridgehead atoms. The van der Waals surface area contributed by atoms with Gasteiger partial charge in [0.25, 0.3) is 0 Å². The van der Waals surface area contributed by atoms with Crippen LogP contribution in [0.2, 0.25) is 0 Å². The molecule has 0 aliphatic carbocycles. The maximum absolute atomic E-state index is 2.44. The fourth-order valence-corrected chi connectivity index (χ4v) is 14.4. The molecule has 1 unspecified atom stereocenters. The molecule has 12 rings (SSSR count). The SMILES string of the molecule is c1ccc(-c2ccccc2-c2ccc(N(c3ccccc3)c3ccc(-c4cccc5sc6ccc7ccc8c(c7c6c45)-c4ccccc4[SiH]8c4ccccc4)cc3)cc2)cc1. The molecule has 3 heteroatoms. The topological polar surface area (TPSA) is 3.24 Å². The third-order valence-electron chi connectivity index (χ3n) is 12.6. The van der Waals surface area contributed by atoms with Crippen LogP contribution in [0.5, 0.6) is 0 Å².